The molecule has 2 aromatic rings. The van der Waals surface area contributed by atoms with Crippen LogP contribution in [0.2, 0.25) is 0 Å². The molecule has 2 saturated carbocycles. The lowest BCUT2D eigenvalue weighted by Crippen LogP contribution is -2.52. The van der Waals surface area contributed by atoms with Crippen LogP contribution in [0.25, 0.3) is 5.65 Å². The Morgan fingerprint density at radius 1 is 1.33 bits per heavy atom. The van der Waals surface area contributed by atoms with Gasteiger partial charge in [-0.1, -0.05) is 0 Å². The van der Waals surface area contributed by atoms with Crippen LogP contribution in [0.4, 0.5) is 0 Å². The van der Waals surface area contributed by atoms with E-state index >= 15 is 0 Å². The number of aromatic nitrogens is 3. The van der Waals surface area contributed by atoms with Crippen LogP contribution in [0.5, 0.6) is 0 Å². The number of amides is 1. The number of methoxy groups -OCH3 is 1. The maximum absolute atomic E-state index is 12.6. The third-order valence-corrected chi connectivity index (χ3v) is 7.04. The van der Waals surface area contributed by atoms with Crippen molar-refractivity contribution in [3.05, 3.63) is 29.7 Å². The molecule has 0 aromatic carbocycles. The van der Waals surface area contributed by atoms with E-state index < -0.39 is 11.4 Å². The van der Waals surface area contributed by atoms with Crippen LogP contribution >= 0.6 is 0 Å². The first kappa shape index (κ1) is 19.5. The highest BCUT2D eigenvalue weighted by Gasteiger charge is 2.49. The number of ether oxygens (including phenoxy) is 1. The smallest absolute Gasteiger partial charge is 0.321 e. The van der Waals surface area contributed by atoms with Crippen molar-refractivity contribution in [2.24, 2.45) is 28.9 Å². The third kappa shape index (κ3) is 3.37. The lowest BCUT2D eigenvalue weighted by atomic mass is 9.76. The van der Waals surface area contributed by atoms with Crippen molar-refractivity contribution in [1.82, 2.24) is 19.9 Å². The highest BCUT2D eigenvalue weighted by molar-refractivity contribution is 6.03. The molecule has 0 spiro atoms. The van der Waals surface area contributed by atoms with Crippen LogP contribution < -0.4 is 11.1 Å². The molecule has 2 aliphatic carbocycles. The third-order valence-electron chi connectivity index (χ3n) is 7.04. The van der Waals surface area contributed by atoms with Crippen molar-refractivity contribution in [2.45, 2.75) is 51.0 Å². The molecule has 1 saturated heterocycles. The molecule has 3 heterocycles. The van der Waals surface area contributed by atoms with Gasteiger partial charge in [0, 0.05) is 13.0 Å². The summed E-state index contributed by atoms with van der Waals surface area (Å²) in [5.74, 6) is 1.21. The molecule has 3 N–H and O–H groups in total. The fourth-order valence-corrected chi connectivity index (χ4v) is 5.14. The minimum atomic E-state index is -1.23. The summed E-state index contributed by atoms with van der Waals surface area (Å²) in [7, 11) is 1.32. The first-order valence-electron chi connectivity index (χ1n) is 11.0. The SMILES string of the molecule is COC(=O)[C@@]1(Cc2ccc3nc([C@@H](N)C(C4CC4)C4CC4)cn3n2)CCCNC1=O. The Morgan fingerprint density at radius 3 is 2.70 bits per heavy atom. The summed E-state index contributed by atoms with van der Waals surface area (Å²) in [6, 6.07) is 3.65. The number of fused-ring (bicyclic) bond motifs is 1. The quantitative estimate of drug-likeness (QED) is 0.531. The van der Waals surface area contributed by atoms with E-state index in [4.69, 9.17) is 15.5 Å². The van der Waals surface area contributed by atoms with Gasteiger partial charge in [0.15, 0.2) is 11.1 Å². The molecule has 0 bridgehead atoms. The van der Waals surface area contributed by atoms with Gasteiger partial charge in [0.1, 0.15) is 0 Å². The Bertz CT molecular complexity index is 958. The van der Waals surface area contributed by atoms with Gasteiger partial charge in [-0.05, 0) is 68.4 Å². The number of carbonyl (C=O) groups is 2. The zero-order valence-electron chi connectivity index (χ0n) is 17.3. The number of nitrogens with zero attached hydrogens (tertiary/aromatic N) is 3. The molecule has 8 nitrogen and oxygen atoms in total. The van der Waals surface area contributed by atoms with Gasteiger partial charge in [0.2, 0.25) is 5.91 Å². The number of carbonyl (C=O) groups excluding carboxylic acids is 2. The van der Waals surface area contributed by atoms with Crippen molar-refractivity contribution in [3.63, 3.8) is 0 Å². The first-order valence-corrected chi connectivity index (χ1v) is 11.0. The summed E-state index contributed by atoms with van der Waals surface area (Å²) >= 11 is 0. The van der Waals surface area contributed by atoms with Crippen LogP contribution in [0.3, 0.4) is 0 Å². The Hall–Kier alpha value is -2.48. The maximum Gasteiger partial charge on any atom is 0.321 e. The molecule has 30 heavy (non-hydrogen) atoms. The topological polar surface area (TPSA) is 112 Å². The van der Waals surface area contributed by atoms with E-state index in [0.29, 0.717) is 24.6 Å². The van der Waals surface area contributed by atoms with Gasteiger partial charge < -0.3 is 15.8 Å². The highest BCUT2D eigenvalue weighted by atomic mass is 16.5. The molecule has 5 rings (SSSR count). The number of imidazole rings is 1. The molecule has 2 atom stereocenters. The largest absolute Gasteiger partial charge is 0.468 e. The second-order valence-corrected chi connectivity index (χ2v) is 9.18. The number of nitrogens with one attached hydrogen (secondary N) is 1. The van der Waals surface area contributed by atoms with Gasteiger partial charge >= 0.3 is 5.97 Å². The monoisotopic (exact) mass is 411 g/mol. The molecular formula is C22H29N5O3. The molecule has 0 radical (unpaired) electrons. The minimum Gasteiger partial charge on any atom is -0.468 e. The van der Waals surface area contributed by atoms with E-state index in [2.05, 4.69) is 10.4 Å². The predicted molar refractivity (Wildman–Crippen MR) is 109 cm³/mol. The fourth-order valence-electron chi connectivity index (χ4n) is 5.14. The molecule has 8 heteroatoms. The van der Waals surface area contributed by atoms with Gasteiger partial charge in [-0.25, -0.2) is 9.50 Å². The number of esters is 1. The maximum atomic E-state index is 12.6. The van der Waals surface area contributed by atoms with E-state index in [-0.39, 0.29) is 18.4 Å². The Kier molecular flexibility index (Phi) is 4.76. The summed E-state index contributed by atoms with van der Waals surface area (Å²) in [5, 5.41) is 7.47. The average Bonchev–Trinajstić information content (AvgIpc) is 3.68. The second kappa shape index (κ2) is 7.34. The van der Waals surface area contributed by atoms with Gasteiger partial charge in [0.05, 0.1) is 30.7 Å². The Morgan fingerprint density at radius 2 is 2.07 bits per heavy atom. The molecule has 1 aliphatic heterocycles. The zero-order chi connectivity index (χ0) is 20.9. The van der Waals surface area contributed by atoms with Crippen molar-refractivity contribution in [3.8, 4) is 0 Å². The second-order valence-electron chi connectivity index (χ2n) is 9.18. The van der Waals surface area contributed by atoms with Crippen LogP contribution in [-0.2, 0) is 20.7 Å². The molecule has 3 aliphatic rings. The normalized spacial score (nSPS) is 25.4. The van der Waals surface area contributed by atoms with Crippen LogP contribution in [0.15, 0.2) is 18.3 Å². The van der Waals surface area contributed by atoms with E-state index in [1.807, 2.05) is 18.3 Å². The number of hydrogen-bond donors (Lipinski definition) is 2. The van der Waals surface area contributed by atoms with E-state index in [9.17, 15) is 9.59 Å². The van der Waals surface area contributed by atoms with Crippen LogP contribution in [0.1, 0.15) is 56.0 Å². The van der Waals surface area contributed by atoms with Crippen molar-refractivity contribution < 1.29 is 14.3 Å². The summed E-state index contributed by atoms with van der Waals surface area (Å²) in [5.41, 5.74) is 7.69. The molecule has 3 fully saturated rings. The molecule has 2 aromatic heterocycles. The van der Waals surface area contributed by atoms with Crippen LogP contribution in [-0.4, -0.2) is 40.1 Å². The number of piperidine rings is 1. The first-order chi connectivity index (χ1) is 14.5. The van der Waals surface area contributed by atoms with Crippen LogP contribution in [0, 0.1) is 23.2 Å². The van der Waals surface area contributed by atoms with Crippen molar-refractivity contribution in [2.75, 3.05) is 13.7 Å². The Balaban J connectivity index is 1.42. The summed E-state index contributed by atoms with van der Waals surface area (Å²) in [6.07, 6.45) is 8.42. The Labute approximate surface area is 175 Å². The number of hydrogen-bond acceptors (Lipinski definition) is 6. The van der Waals surface area contributed by atoms with E-state index in [0.717, 1.165) is 29.6 Å². The average molecular weight is 412 g/mol. The molecule has 0 unspecified atom stereocenters. The standard InChI is InChI=1S/C22H29N5O3/c1-30-21(29)22(9-2-10-24-20(22)28)11-15-7-8-17-25-16(12-27(17)26-15)19(23)18(13-3-4-13)14-5-6-14/h7-8,12-14,18-19H,2-6,9-11,23H2,1H3,(H,24,28)/t19-,22-/m1/s1. The number of nitrogens with two attached hydrogens (primary N) is 1. The fraction of sp³-hybridized carbons (Fsp3) is 0.636. The van der Waals surface area contributed by atoms with Gasteiger partial charge in [-0.2, -0.15) is 5.10 Å². The minimum absolute atomic E-state index is 0.0688. The lowest BCUT2D eigenvalue weighted by Gasteiger charge is -2.33. The summed E-state index contributed by atoms with van der Waals surface area (Å²) in [6.45, 7) is 0.579. The van der Waals surface area contributed by atoms with Crippen molar-refractivity contribution in [1.29, 1.82) is 0 Å². The predicted octanol–water partition coefficient (Wildman–Crippen LogP) is 1.78. The van der Waals surface area contributed by atoms with E-state index in [1.54, 1.807) is 4.52 Å². The summed E-state index contributed by atoms with van der Waals surface area (Å²) in [4.78, 5) is 29.9. The van der Waals surface area contributed by atoms with Gasteiger partial charge in [-0.3, -0.25) is 9.59 Å². The molecule has 160 valence electrons. The molecular weight excluding hydrogens is 382 g/mol. The van der Waals surface area contributed by atoms with Gasteiger partial charge in [0.25, 0.3) is 0 Å². The number of rotatable bonds is 7. The van der Waals surface area contributed by atoms with Crippen molar-refractivity contribution >= 4 is 17.5 Å². The molecule has 1 amide bonds. The highest BCUT2D eigenvalue weighted by Crippen LogP contribution is 2.53. The zero-order valence-corrected chi connectivity index (χ0v) is 17.3. The van der Waals surface area contributed by atoms with Gasteiger partial charge in [-0.15, -0.1) is 0 Å². The summed E-state index contributed by atoms with van der Waals surface area (Å²) < 4.78 is 6.71. The van der Waals surface area contributed by atoms with E-state index in [1.165, 1.54) is 32.8 Å². The lowest BCUT2D eigenvalue weighted by molar-refractivity contribution is -0.161.